The van der Waals surface area contributed by atoms with Crippen molar-refractivity contribution in [2.45, 2.75) is 51.4 Å². The van der Waals surface area contributed by atoms with Crippen LogP contribution in [0.1, 0.15) is 51.4 Å². The predicted octanol–water partition coefficient (Wildman–Crippen LogP) is 5.54. The summed E-state index contributed by atoms with van der Waals surface area (Å²) in [6.07, 6.45) is 13.3. The molecule has 0 radical (unpaired) electrons. The number of rotatable bonds is 4. The molecule has 1 aromatic carbocycles. The molecule has 0 bridgehead atoms. The van der Waals surface area contributed by atoms with Gasteiger partial charge in [0.15, 0.2) is 0 Å². The Balaban J connectivity index is 1.40. The van der Waals surface area contributed by atoms with Gasteiger partial charge in [-0.2, -0.15) is 0 Å². The summed E-state index contributed by atoms with van der Waals surface area (Å²) >= 11 is 1.37. The molecule has 0 saturated heterocycles. The third kappa shape index (κ3) is 3.90. The van der Waals surface area contributed by atoms with E-state index in [1.54, 1.807) is 6.07 Å². The zero-order valence-electron chi connectivity index (χ0n) is 14.6. The molecule has 4 heteroatoms. The number of hydrogen-bond donors (Lipinski definition) is 1. The van der Waals surface area contributed by atoms with E-state index in [1.807, 2.05) is 24.3 Å². The Morgan fingerprint density at radius 3 is 2.52 bits per heavy atom. The highest BCUT2D eigenvalue weighted by Crippen LogP contribution is 2.45. The van der Waals surface area contributed by atoms with Gasteiger partial charge in [-0.3, -0.25) is 9.17 Å². The number of H-pyrrole nitrogens is 1. The number of benzene rings is 1. The van der Waals surface area contributed by atoms with Gasteiger partial charge in [0.25, 0.3) is 5.56 Å². The number of hydrogen-bond acceptors (Lipinski definition) is 3. The molecule has 0 unspecified atom stereocenters. The van der Waals surface area contributed by atoms with Gasteiger partial charge in [-0.1, -0.05) is 36.9 Å². The van der Waals surface area contributed by atoms with Crippen LogP contribution in [0.5, 0.6) is 5.75 Å². The van der Waals surface area contributed by atoms with Gasteiger partial charge in [0, 0.05) is 6.07 Å². The van der Waals surface area contributed by atoms with E-state index in [2.05, 4.69) is 10.4 Å². The van der Waals surface area contributed by atoms with Crippen molar-refractivity contribution in [2.24, 2.45) is 5.41 Å². The van der Waals surface area contributed by atoms with E-state index in [0.29, 0.717) is 12.0 Å². The van der Waals surface area contributed by atoms with Crippen LogP contribution in [0.2, 0.25) is 0 Å². The SMILES string of the molecule is O=c1cc(-c2ccc(OCC3=CC4(CCCCC4)CCC3)cc2)s[nH]1. The van der Waals surface area contributed by atoms with Gasteiger partial charge >= 0.3 is 0 Å². The van der Waals surface area contributed by atoms with Crippen molar-refractivity contribution in [3.05, 3.63) is 52.3 Å². The van der Waals surface area contributed by atoms with Crippen molar-refractivity contribution in [1.29, 1.82) is 0 Å². The molecule has 0 amide bonds. The van der Waals surface area contributed by atoms with Crippen LogP contribution in [-0.4, -0.2) is 11.0 Å². The van der Waals surface area contributed by atoms with Crippen molar-refractivity contribution in [3.8, 4) is 16.2 Å². The van der Waals surface area contributed by atoms with Gasteiger partial charge in [0.05, 0.1) is 4.88 Å². The quantitative estimate of drug-likeness (QED) is 0.731. The normalized spacial score (nSPS) is 19.6. The zero-order chi connectivity index (χ0) is 17.1. The van der Waals surface area contributed by atoms with Crippen molar-refractivity contribution >= 4 is 11.5 Å². The van der Waals surface area contributed by atoms with Crippen LogP contribution in [0.15, 0.2) is 46.8 Å². The summed E-state index contributed by atoms with van der Waals surface area (Å²) in [4.78, 5) is 12.2. The molecule has 1 spiro atoms. The predicted molar refractivity (Wildman–Crippen MR) is 103 cm³/mol. The van der Waals surface area contributed by atoms with Crippen molar-refractivity contribution < 1.29 is 4.74 Å². The van der Waals surface area contributed by atoms with Gasteiger partial charge in [-0.05, 0) is 72.9 Å². The lowest BCUT2D eigenvalue weighted by atomic mass is 9.67. The summed E-state index contributed by atoms with van der Waals surface area (Å²) in [5.74, 6) is 0.899. The molecule has 1 fully saturated rings. The average molecular weight is 356 g/mol. The Morgan fingerprint density at radius 1 is 1.04 bits per heavy atom. The van der Waals surface area contributed by atoms with E-state index in [9.17, 15) is 4.79 Å². The summed E-state index contributed by atoms with van der Waals surface area (Å²) < 4.78 is 8.77. The summed E-state index contributed by atoms with van der Waals surface area (Å²) in [7, 11) is 0. The fourth-order valence-electron chi connectivity index (χ4n) is 4.33. The molecule has 1 aromatic heterocycles. The minimum Gasteiger partial charge on any atom is -0.489 e. The van der Waals surface area contributed by atoms with Gasteiger partial charge in [-0.15, -0.1) is 0 Å². The Hall–Kier alpha value is -1.81. The smallest absolute Gasteiger partial charge is 0.258 e. The molecule has 25 heavy (non-hydrogen) atoms. The third-order valence-electron chi connectivity index (χ3n) is 5.62. The molecule has 2 aliphatic carbocycles. The Labute approximate surface area is 152 Å². The first-order valence-electron chi connectivity index (χ1n) is 9.35. The molecule has 0 aliphatic heterocycles. The van der Waals surface area contributed by atoms with Gasteiger partial charge in [0.1, 0.15) is 12.4 Å². The monoisotopic (exact) mass is 355 g/mol. The van der Waals surface area contributed by atoms with Crippen LogP contribution in [0, 0.1) is 5.41 Å². The maximum atomic E-state index is 11.3. The Bertz CT molecular complexity index is 794. The highest BCUT2D eigenvalue weighted by molar-refractivity contribution is 7.09. The summed E-state index contributed by atoms with van der Waals surface area (Å²) in [6, 6.07) is 9.67. The fourth-order valence-corrected chi connectivity index (χ4v) is 5.02. The van der Waals surface area contributed by atoms with E-state index in [4.69, 9.17) is 4.74 Å². The molecule has 3 nitrogen and oxygen atoms in total. The molecule has 4 rings (SSSR count). The highest BCUT2D eigenvalue weighted by atomic mass is 32.1. The first-order chi connectivity index (χ1) is 12.2. The molecule has 2 aliphatic rings. The standard InChI is InChI=1S/C21H25NO2S/c23-20-13-19(25-22-20)17-6-8-18(9-7-17)24-15-16-5-4-12-21(14-16)10-2-1-3-11-21/h6-9,13-14H,1-5,10-12,15H2,(H,22,23). The van der Waals surface area contributed by atoms with Crippen LogP contribution in [0.3, 0.4) is 0 Å². The average Bonchev–Trinajstić information content (AvgIpc) is 3.08. The lowest BCUT2D eigenvalue weighted by Crippen LogP contribution is -2.25. The van der Waals surface area contributed by atoms with Crippen molar-refractivity contribution in [2.75, 3.05) is 6.61 Å². The fraction of sp³-hybridized carbons (Fsp3) is 0.476. The van der Waals surface area contributed by atoms with Crippen LogP contribution >= 0.6 is 11.5 Å². The Morgan fingerprint density at radius 2 is 1.80 bits per heavy atom. The molecule has 2 aromatic rings. The Kier molecular flexibility index (Phi) is 4.80. The van der Waals surface area contributed by atoms with Crippen LogP contribution in [-0.2, 0) is 0 Å². The number of allylic oxidation sites excluding steroid dienone is 1. The minimum absolute atomic E-state index is 0.0406. The van der Waals surface area contributed by atoms with Crippen LogP contribution in [0.25, 0.3) is 10.4 Å². The second-order valence-corrected chi connectivity index (χ2v) is 8.32. The molecule has 1 heterocycles. The van der Waals surface area contributed by atoms with Crippen LogP contribution in [0.4, 0.5) is 0 Å². The summed E-state index contributed by atoms with van der Waals surface area (Å²) in [5.41, 5.74) is 2.96. The largest absolute Gasteiger partial charge is 0.489 e. The molecular weight excluding hydrogens is 330 g/mol. The molecular formula is C21H25NO2S. The maximum Gasteiger partial charge on any atom is 0.258 e. The van der Waals surface area contributed by atoms with E-state index < -0.39 is 0 Å². The molecule has 1 saturated carbocycles. The van der Waals surface area contributed by atoms with E-state index in [1.165, 1.54) is 68.5 Å². The van der Waals surface area contributed by atoms with Gasteiger partial charge in [0.2, 0.25) is 0 Å². The van der Waals surface area contributed by atoms with E-state index in [0.717, 1.165) is 16.2 Å². The van der Waals surface area contributed by atoms with Gasteiger partial charge < -0.3 is 4.74 Å². The minimum atomic E-state index is -0.0406. The molecule has 132 valence electrons. The van der Waals surface area contributed by atoms with Crippen molar-refractivity contribution in [3.63, 3.8) is 0 Å². The zero-order valence-corrected chi connectivity index (χ0v) is 15.4. The second kappa shape index (κ2) is 7.20. The topological polar surface area (TPSA) is 42.1 Å². The van der Waals surface area contributed by atoms with E-state index >= 15 is 0 Å². The third-order valence-corrected chi connectivity index (χ3v) is 6.50. The van der Waals surface area contributed by atoms with Crippen molar-refractivity contribution in [1.82, 2.24) is 4.37 Å². The first-order valence-corrected chi connectivity index (χ1v) is 10.2. The number of aromatic nitrogens is 1. The number of ether oxygens (including phenoxy) is 1. The lowest BCUT2D eigenvalue weighted by Gasteiger charge is -2.38. The van der Waals surface area contributed by atoms with Crippen LogP contribution < -0.4 is 10.3 Å². The highest BCUT2D eigenvalue weighted by Gasteiger charge is 2.32. The molecule has 0 atom stereocenters. The lowest BCUT2D eigenvalue weighted by molar-refractivity contribution is 0.216. The maximum absolute atomic E-state index is 11.3. The number of nitrogens with one attached hydrogen (secondary N) is 1. The van der Waals surface area contributed by atoms with Gasteiger partial charge in [-0.25, -0.2) is 0 Å². The number of aromatic amines is 1. The summed E-state index contributed by atoms with van der Waals surface area (Å²) in [5, 5.41) is 0. The second-order valence-electron chi connectivity index (χ2n) is 7.47. The molecule has 1 N–H and O–H groups in total. The van der Waals surface area contributed by atoms with E-state index in [-0.39, 0.29) is 5.56 Å². The summed E-state index contributed by atoms with van der Waals surface area (Å²) in [6.45, 7) is 0.707. The first kappa shape index (κ1) is 16.6.